The highest BCUT2D eigenvalue weighted by Gasteiger charge is 2.26. The Morgan fingerprint density at radius 3 is 2.42 bits per heavy atom. The molecule has 1 amide bonds. The van der Waals surface area contributed by atoms with Gasteiger partial charge in [-0.25, -0.2) is 22.6 Å². The Kier molecular flexibility index (Phi) is 7.99. The lowest BCUT2D eigenvalue weighted by molar-refractivity contribution is 0.101. The molecule has 1 aliphatic heterocycles. The lowest BCUT2D eigenvalue weighted by Gasteiger charge is -2.37. The molecule has 2 heterocycles. The van der Waals surface area contributed by atoms with Gasteiger partial charge in [-0.2, -0.15) is 9.89 Å². The zero-order chi connectivity index (χ0) is 28.3. The van der Waals surface area contributed by atoms with Gasteiger partial charge in [-0.05, 0) is 49.5 Å². The summed E-state index contributed by atoms with van der Waals surface area (Å²) in [6.45, 7) is 0.982. The van der Waals surface area contributed by atoms with Gasteiger partial charge < -0.3 is 14.7 Å². The van der Waals surface area contributed by atoms with Crippen LogP contribution in [0.2, 0.25) is 0 Å². The van der Waals surface area contributed by atoms with Crippen molar-refractivity contribution in [2.24, 2.45) is 0 Å². The van der Waals surface area contributed by atoms with Gasteiger partial charge in [-0.1, -0.05) is 24.3 Å². The van der Waals surface area contributed by atoms with E-state index in [4.69, 9.17) is 0 Å². The second-order valence-electron chi connectivity index (χ2n) is 9.57. The van der Waals surface area contributed by atoms with Gasteiger partial charge in [0.05, 0.1) is 38.4 Å². The summed E-state index contributed by atoms with van der Waals surface area (Å²) in [5.74, 6) is -0.485. The number of sulfone groups is 1. The lowest BCUT2D eigenvalue weighted by Crippen LogP contribution is -2.46. The van der Waals surface area contributed by atoms with Crippen molar-refractivity contribution < 1.29 is 22.0 Å². The van der Waals surface area contributed by atoms with E-state index in [1.165, 1.54) is 40.2 Å². The normalized spacial score (nSPS) is 14.4. The summed E-state index contributed by atoms with van der Waals surface area (Å²) in [6.07, 6.45) is 1.48. The first kappa shape index (κ1) is 27.5. The molecule has 0 spiro atoms. The third kappa shape index (κ3) is 5.36. The second-order valence-corrected chi connectivity index (χ2v) is 11.5. The minimum atomic E-state index is -3.72. The third-order valence-electron chi connectivity index (χ3n) is 7.03. The molecule has 9 nitrogen and oxygen atoms in total. The Morgan fingerprint density at radius 2 is 1.73 bits per heavy atom. The highest BCUT2D eigenvalue weighted by Crippen LogP contribution is 2.34. The molecule has 1 fully saturated rings. The lowest BCUT2D eigenvalue weighted by atomic mass is 10.1. The van der Waals surface area contributed by atoms with Crippen molar-refractivity contribution in [3.8, 4) is 0 Å². The number of rotatable bonds is 9. The highest BCUT2D eigenvalue weighted by molar-refractivity contribution is 7.91. The Morgan fingerprint density at radius 1 is 0.975 bits per heavy atom. The quantitative estimate of drug-likeness (QED) is 0.308. The molecule has 12 heteroatoms. The number of likely N-dealkylation sites (N-methyl/N-ethyl adjacent to an activating group) is 1. The fourth-order valence-corrected chi connectivity index (χ4v) is 6.16. The minimum absolute atomic E-state index is 0.112. The van der Waals surface area contributed by atoms with Crippen molar-refractivity contribution in [1.29, 1.82) is 0 Å². The summed E-state index contributed by atoms with van der Waals surface area (Å²) in [7, 11) is -1.72. The van der Waals surface area contributed by atoms with Crippen molar-refractivity contribution in [2.45, 2.75) is 9.79 Å². The van der Waals surface area contributed by atoms with Crippen molar-refractivity contribution in [3.05, 3.63) is 78.5 Å². The Bertz CT molecular complexity index is 1610. The van der Waals surface area contributed by atoms with E-state index >= 15 is 0 Å². The first-order valence-corrected chi connectivity index (χ1v) is 14.3. The van der Waals surface area contributed by atoms with E-state index in [1.807, 2.05) is 11.9 Å². The van der Waals surface area contributed by atoms with Crippen LogP contribution in [0.25, 0.3) is 10.9 Å². The number of piperazine rings is 1. The number of hydrogen-bond donors (Lipinski definition) is 1. The number of nitrogens with zero attached hydrogens (tertiary/aromatic N) is 5. The number of aromatic nitrogens is 2. The van der Waals surface area contributed by atoms with E-state index < -0.39 is 29.2 Å². The van der Waals surface area contributed by atoms with Gasteiger partial charge in [-0.3, -0.25) is 4.79 Å². The summed E-state index contributed by atoms with van der Waals surface area (Å²) in [5, 5.41) is 4.79. The molecule has 1 N–H and O–H groups in total. The number of hydrogen-bond acceptors (Lipinski definition) is 7. The zero-order valence-corrected chi connectivity index (χ0v) is 22.8. The van der Waals surface area contributed by atoms with Crippen LogP contribution in [0.3, 0.4) is 0 Å². The van der Waals surface area contributed by atoms with E-state index in [1.54, 1.807) is 42.5 Å². The van der Waals surface area contributed by atoms with Gasteiger partial charge in [0.1, 0.15) is 6.67 Å². The zero-order valence-electron chi connectivity index (χ0n) is 22.0. The fraction of sp³-hybridized carbons (Fsp3) is 0.286. The first-order valence-electron chi connectivity index (χ1n) is 12.9. The van der Waals surface area contributed by atoms with E-state index in [0.29, 0.717) is 40.9 Å². The predicted molar refractivity (Wildman–Crippen MR) is 151 cm³/mol. The van der Waals surface area contributed by atoms with Crippen molar-refractivity contribution >= 4 is 38.0 Å². The molecule has 210 valence electrons. The highest BCUT2D eigenvalue weighted by atomic mass is 32.2. The Labute approximate surface area is 231 Å². The number of nitrogens with one attached hydrogen (secondary N) is 1. The van der Waals surface area contributed by atoms with E-state index in [9.17, 15) is 22.0 Å². The van der Waals surface area contributed by atoms with Crippen LogP contribution in [0.5, 0.6) is 0 Å². The molecule has 1 aliphatic rings. The maximum atomic E-state index is 14.0. The molecule has 0 radical (unpaired) electrons. The summed E-state index contributed by atoms with van der Waals surface area (Å²) in [4.78, 5) is 20.7. The summed E-state index contributed by atoms with van der Waals surface area (Å²) in [6, 6.07) is 17.7. The molecule has 3 aromatic carbocycles. The first-order chi connectivity index (χ1) is 19.3. The predicted octanol–water partition coefficient (Wildman–Crippen LogP) is 3.71. The van der Waals surface area contributed by atoms with Crippen LogP contribution in [0.15, 0.2) is 82.7 Å². The molecule has 0 unspecified atom stereocenters. The Balaban J connectivity index is 1.48. The average Bonchev–Trinajstić information content (AvgIpc) is 3.38. The summed E-state index contributed by atoms with van der Waals surface area (Å²) >= 11 is 0. The van der Waals surface area contributed by atoms with Gasteiger partial charge in [-0.15, -0.1) is 0 Å². The molecular weight excluding hydrogens is 538 g/mol. The molecular formula is C28H30F2N6O3S. The molecule has 4 aromatic rings. The van der Waals surface area contributed by atoms with Gasteiger partial charge in [0.2, 0.25) is 9.84 Å². The number of amides is 1. The van der Waals surface area contributed by atoms with Gasteiger partial charge in [0, 0.05) is 38.1 Å². The molecule has 0 saturated carbocycles. The van der Waals surface area contributed by atoms with Crippen molar-refractivity contribution in [3.63, 3.8) is 0 Å². The fourth-order valence-electron chi connectivity index (χ4n) is 4.84. The van der Waals surface area contributed by atoms with E-state index in [-0.39, 0.29) is 16.3 Å². The number of halogens is 2. The van der Waals surface area contributed by atoms with Crippen LogP contribution in [0.1, 0.15) is 10.4 Å². The number of benzene rings is 3. The summed E-state index contributed by atoms with van der Waals surface area (Å²) in [5.41, 5.74) is 4.54. The van der Waals surface area contributed by atoms with Crippen LogP contribution in [0.4, 0.5) is 20.2 Å². The number of carbonyl (C=O) groups is 1. The van der Waals surface area contributed by atoms with Gasteiger partial charge in [0.15, 0.2) is 6.80 Å². The standard InChI is InChI=1S/C28H30F2N6O3S/c1-33-14-16-34(17-15-33)27-24(8-5-9-26(27)35(20-30)13-12-29)28(37)32-36-25-11-10-23(18-21(25)19-31-36)40(38,39)22-6-3-2-4-7-22/h2-11,18-19H,12-17,20H2,1H3,(H,32,37). The number of fused-ring (bicyclic) bond motifs is 1. The number of para-hydroxylation sites is 1. The van der Waals surface area contributed by atoms with Crippen molar-refractivity contribution in [2.75, 3.05) is 68.5 Å². The molecule has 1 saturated heterocycles. The van der Waals surface area contributed by atoms with Crippen LogP contribution < -0.4 is 15.2 Å². The monoisotopic (exact) mass is 568 g/mol. The topological polar surface area (TPSA) is 90.8 Å². The van der Waals surface area contributed by atoms with E-state index in [2.05, 4.69) is 15.4 Å². The van der Waals surface area contributed by atoms with Gasteiger partial charge >= 0.3 is 0 Å². The summed E-state index contributed by atoms with van der Waals surface area (Å²) < 4.78 is 53.3. The SMILES string of the molecule is CN1CCN(c2c(C(=O)Nn3ncc4cc(S(=O)(=O)c5ccccc5)ccc43)cccc2N(CF)CCF)CC1. The smallest absolute Gasteiger partial charge is 0.273 e. The van der Waals surface area contributed by atoms with Gasteiger partial charge in [0.25, 0.3) is 5.91 Å². The Hall–Kier alpha value is -4.03. The van der Waals surface area contributed by atoms with Crippen molar-refractivity contribution in [1.82, 2.24) is 14.8 Å². The number of alkyl halides is 2. The maximum Gasteiger partial charge on any atom is 0.273 e. The van der Waals surface area contributed by atoms with E-state index in [0.717, 1.165) is 13.1 Å². The maximum absolute atomic E-state index is 14.0. The minimum Gasteiger partial charge on any atom is -0.367 e. The number of carbonyl (C=O) groups excluding carboxylic acids is 1. The molecule has 0 aliphatic carbocycles. The van der Waals surface area contributed by atoms with Crippen LogP contribution >= 0.6 is 0 Å². The molecule has 40 heavy (non-hydrogen) atoms. The average molecular weight is 569 g/mol. The van der Waals surface area contributed by atoms with Crippen LogP contribution in [-0.4, -0.2) is 82.4 Å². The molecule has 1 aromatic heterocycles. The molecule has 0 atom stereocenters. The van der Waals surface area contributed by atoms with Crippen LogP contribution in [-0.2, 0) is 9.84 Å². The molecule has 5 rings (SSSR count). The van der Waals surface area contributed by atoms with Crippen LogP contribution in [0, 0.1) is 0 Å². The largest absolute Gasteiger partial charge is 0.367 e. The molecule has 0 bridgehead atoms. The number of anilines is 2. The third-order valence-corrected chi connectivity index (χ3v) is 8.80. The second kappa shape index (κ2) is 11.6.